The zero-order valence-corrected chi connectivity index (χ0v) is 23.4. The molecule has 1 heterocycles. The smallest absolute Gasteiger partial charge is 0.371 e. The molecule has 0 unspecified atom stereocenters. The summed E-state index contributed by atoms with van der Waals surface area (Å²) in [7, 11) is 1.24. The van der Waals surface area contributed by atoms with Gasteiger partial charge in [-0.2, -0.15) is 0 Å². The van der Waals surface area contributed by atoms with E-state index < -0.39 is 11.9 Å². The van der Waals surface area contributed by atoms with Gasteiger partial charge in [0.1, 0.15) is 0 Å². The second-order valence-electron chi connectivity index (χ2n) is 8.78. The number of rotatable bonds is 11. The van der Waals surface area contributed by atoms with E-state index in [1.54, 1.807) is 0 Å². The average Bonchev–Trinajstić information content (AvgIpc) is 3.31. The Morgan fingerprint density at radius 1 is 1.18 bits per heavy atom. The van der Waals surface area contributed by atoms with Gasteiger partial charge in [-0.25, -0.2) is 9.78 Å². The SMILES string of the molecule is CCCOCCCc1cccc2c1CCc1sc(NC(=O)c3cc(Cl)c(/C=C(/OC)C(=O)O)c(Cl)c3)nc1-2. The molecule has 0 spiro atoms. The number of aryl methyl sites for hydroxylation is 2. The molecule has 1 aliphatic rings. The van der Waals surface area contributed by atoms with Gasteiger partial charge in [0, 0.05) is 34.8 Å². The highest BCUT2D eigenvalue weighted by atomic mass is 35.5. The Hall–Kier alpha value is -2.91. The van der Waals surface area contributed by atoms with Crippen LogP contribution in [0.2, 0.25) is 10.0 Å². The fourth-order valence-corrected chi connectivity index (χ4v) is 5.95. The number of aliphatic carboxylic acids is 1. The number of carboxylic acids is 1. The molecule has 2 aromatic carbocycles. The number of fused-ring (bicyclic) bond motifs is 3. The molecule has 0 atom stereocenters. The van der Waals surface area contributed by atoms with Crippen LogP contribution in [0.1, 0.15) is 51.7 Å². The van der Waals surface area contributed by atoms with E-state index in [-0.39, 0.29) is 26.9 Å². The largest absolute Gasteiger partial charge is 0.490 e. The molecular weight excluding hydrogens is 547 g/mol. The summed E-state index contributed by atoms with van der Waals surface area (Å²) in [6.07, 6.45) is 5.98. The van der Waals surface area contributed by atoms with E-state index in [2.05, 4.69) is 30.4 Å². The lowest BCUT2D eigenvalue weighted by Crippen LogP contribution is -2.12. The third-order valence-corrected chi connectivity index (χ3v) is 7.83. The lowest BCUT2D eigenvalue weighted by atomic mass is 9.88. The Morgan fingerprint density at radius 2 is 1.95 bits per heavy atom. The first-order valence-electron chi connectivity index (χ1n) is 12.3. The number of carbonyl (C=O) groups is 2. The number of carbonyl (C=O) groups excluding carboxylic acids is 1. The number of halogens is 2. The minimum Gasteiger partial charge on any atom is -0.490 e. The van der Waals surface area contributed by atoms with Crippen molar-refractivity contribution in [2.75, 3.05) is 25.6 Å². The molecule has 0 aliphatic heterocycles. The number of ether oxygens (including phenoxy) is 2. The zero-order chi connectivity index (χ0) is 27.2. The summed E-state index contributed by atoms with van der Waals surface area (Å²) in [6, 6.07) is 9.20. The van der Waals surface area contributed by atoms with Crippen LogP contribution in [0.5, 0.6) is 0 Å². The normalized spacial score (nSPS) is 12.6. The van der Waals surface area contributed by atoms with Gasteiger partial charge in [0.05, 0.1) is 22.8 Å². The van der Waals surface area contributed by atoms with Crippen molar-refractivity contribution in [3.05, 3.63) is 73.3 Å². The summed E-state index contributed by atoms with van der Waals surface area (Å²) < 4.78 is 10.5. The molecule has 0 saturated carbocycles. The lowest BCUT2D eigenvalue weighted by Gasteiger charge is -2.18. The molecule has 10 heteroatoms. The number of nitrogens with zero attached hydrogens (tertiary/aromatic N) is 1. The average molecular weight is 576 g/mol. The lowest BCUT2D eigenvalue weighted by molar-refractivity contribution is -0.135. The first-order chi connectivity index (χ1) is 18.3. The minimum atomic E-state index is -1.26. The fraction of sp³-hybridized carbons (Fsp3) is 0.321. The highest BCUT2D eigenvalue weighted by Gasteiger charge is 2.24. The van der Waals surface area contributed by atoms with Gasteiger partial charge < -0.3 is 14.6 Å². The van der Waals surface area contributed by atoms with Crippen LogP contribution in [0.3, 0.4) is 0 Å². The van der Waals surface area contributed by atoms with Crippen molar-refractivity contribution in [1.29, 1.82) is 0 Å². The fourth-order valence-electron chi connectivity index (χ4n) is 4.38. The molecule has 0 radical (unpaired) electrons. The molecule has 0 saturated heterocycles. The van der Waals surface area contributed by atoms with Gasteiger partial charge in [0.25, 0.3) is 5.91 Å². The van der Waals surface area contributed by atoms with Gasteiger partial charge in [-0.1, -0.05) is 48.3 Å². The van der Waals surface area contributed by atoms with Crippen molar-refractivity contribution in [1.82, 2.24) is 4.98 Å². The molecule has 200 valence electrons. The van der Waals surface area contributed by atoms with E-state index >= 15 is 0 Å². The van der Waals surface area contributed by atoms with Crippen LogP contribution in [-0.2, 0) is 33.5 Å². The number of aromatic nitrogens is 1. The number of thiazole rings is 1. The summed E-state index contributed by atoms with van der Waals surface area (Å²) in [6.45, 7) is 3.66. The first kappa shape index (κ1) is 28.1. The third-order valence-electron chi connectivity index (χ3n) is 6.18. The van der Waals surface area contributed by atoms with Crippen molar-refractivity contribution >= 4 is 57.6 Å². The maximum atomic E-state index is 13.0. The topological polar surface area (TPSA) is 97.8 Å². The minimum absolute atomic E-state index is 0.124. The molecule has 0 fully saturated rings. The molecule has 7 nitrogen and oxygen atoms in total. The van der Waals surface area contributed by atoms with E-state index in [4.69, 9.17) is 37.7 Å². The standard InChI is InChI=1S/C28H28Cl2N2O5S/c1-3-11-37-12-5-7-16-6-4-8-19-18(16)9-10-24-25(19)31-28(38-24)32-26(33)17-13-21(29)20(22(30)14-17)15-23(36-2)27(34)35/h4,6,8,13-15H,3,5,7,9-12H2,1-2H3,(H,34,35)(H,31,32,33)/b23-15+. The van der Waals surface area contributed by atoms with Gasteiger partial charge in [0.2, 0.25) is 5.76 Å². The highest BCUT2D eigenvalue weighted by molar-refractivity contribution is 7.16. The summed E-state index contributed by atoms with van der Waals surface area (Å²) >= 11 is 14.1. The van der Waals surface area contributed by atoms with Crippen LogP contribution in [0.4, 0.5) is 5.13 Å². The zero-order valence-electron chi connectivity index (χ0n) is 21.1. The van der Waals surface area contributed by atoms with E-state index in [1.807, 2.05) is 0 Å². The molecule has 3 aromatic rings. The number of methoxy groups -OCH3 is 1. The van der Waals surface area contributed by atoms with Gasteiger partial charge in [-0.3, -0.25) is 10.1 Å². The van der Waals surface area contributed by atoms with Crippen LogP contribution < -0.4 is 5.32 Å². The predicted octanol–water partition coefficient (Wildman–Crippen LogP) is 6.90. The van der Waals surface area contributed by atoms with E-state index in [9.17, 15) is 14.7 Å². The van der Waals surface area contributed by atoms with Crippen molar-refractivity contribution in [2.45, 2.75) is 39.0 Å². The van der Waals surface area contributed by atoms with Crippen LogP contribution in [-0.4, -0.2) is 42.3 Å². The molecule has 0 bridgehead atoms. The molecule has 1 amide bonds. The Balaban J connectivity index is 1.51. The van der Waals surface area contributed by atoms with Crippen LogP contribution >= 0.6 is 34.5 Å². The Kier molecular flexibility index (Phi) is 9.44. The number of amides is 1. The van der Waals surface area contributed by atoms with Crippen LogP contribution in [0.15, 0.2) is 36.1 Å². The second-order valence-corrected chi connectivity index (χ2v) is 10.7. The van der Waals surface area contributed by atoms with Gasteiger partial charge >= 0.3 is 5.97 Å². The van der Waals surface area contributed by atoms with E-state index in [0.717, 1.165) is 61.5 Å². The van der Waals surface area contributed by atoms with Gasteiger partial charge in [-0.15, -0.1) is 11.3 Å². The monoisotopic (exact) mass is 574 g/mol. The van der Waals surface area contributed by atoms with Gasteiger partial charge in [0.15, 0.2) is 5.13 Å². The molecule has 38 heavy (non-hydrogen) atoms. The Morgan fingerprint density at radius 3 is 2.63 bits per heavy atom. The van der Waals surface area contributed by atoms with Crippen molar-refractivity contribution in [3.63, 3.8) is 0 Å². The molecular formula is C28H28Cl2N2O5S. The predicted molar refractivity (Wildman–Crippen MR) is 151 cm³/mol. The molecule has 1 aliphatic carbocycles. The summed E-state index contributed by atoms with van der Waals surface area (Å²) in [4.78, 5) is 30.1. The molecule has 4 rings (SSSR count). The Labute approximate surface area is 235 Å². The summed E-state index contributed by atoms with van der Waals surface area (Å²) in [5.74, 6) is -2.00. The molecule has 1 aromatic heterocycles. The van der Waals surface area contributed by atoms with E-state index in [1.165, 1.54) is 47.8 Å². The summed E-state index contributed by atoms with van der Waals surface area (Å²) in [5.41, 5.74) is 5.14. The number of hydrogen-bond acceptors (Lipinski definition) is 6. The number of carboxylic acid groups (broad SMARTS) is 1. The number of anilines is 1. The van der Waals surface area contributed by atoms with Crippen molar-refractivity contribution < 1.29 is 24.2 Å². The second kappa shape index (κ2) is 12.8. The van der Waals surface area contributed by atoms with Crippen molar-refractivity contribution in [2.24, 2.45) is 0 Å². The maximum Gasteiger partial charge on any atom is 0.371 e. The van der Waals surface area contributed by atoms with Gasteiger partial charge in [-0.05, 0) is 61.4 Å². The number of hydrogen-bond donors (Lipinski definition) is 2. The maximum absolute atomic E-state index is 13.0. The van der Waals surface area contributed by atoms with Crippen LogP contribution in [0, 0.1) is 0 Å². The quantitative estimate of drug-likeness (QED) is 0.147. The van der Waals surface area contributed by atoms with Crippen LogP contribution in [0.25, 0.3) is 17.3 Å². The molecule has 2 N–H and O–H groups in total. The third kappa shape index (κ3) is 6.38. The van der Waals surface area contributed by atoms with E-state index in [0.29, 0.717) is 5.13 Å². The van der Waals surface area contributed by atoms with Crippen molar-refractivity contribution in [3.8, 4) is 11.3 Å². The number of nitrogens with one attached hydrogen (secondary N) is 1. The number of benzene rings is 2. The first-order valence-corrected chi connectivity index (χ1v) is 13.9. The summed E-state index contributed by atoms with van der Waals surface area (Å²) in [5, 5.41) is 12.8. The Bertz CT molecular complexity index is 1360. The highest BCUT2D eigenvalue weighted by Crippen LogP contribution is 2.40.